The zero-order valence-electron chi connectivity index (χ0n) is 11.0. The molecule has 1 aromatic carbocycles. The largest absolute Gasteiger partial charge is 0.550 e. The molecule has 1 amide bonds. The smallest absolute Gasteiger partial charge is 0.228 e. The van der Waals surface area contributed by atoms with Gasteiger partial charge in [0.25, 0.3) is 0 Å². The Morgan fingerprint density at radius 1 is 1.21 bits per heavy atom. The second kappa shape index (κ2) is 5.87. The van der Waals surface area contributed by atoms with E-state index in [-0.39, 0.29) is 5.91 Å². The van der Waals surface area contributed by atoms with Crippen molar-refractivity contribution >= 4 is 17.6 Å². The van der Waals surface area contributed by atoms with Crippen molar-refractivity contribution in [2.75, 3.05) is 5.32 Å². The molecule has 0 bridgehead atoms. The summed E-state index contributed by atoms with van der Waals surface area (Å²) in [6.07, 6.45) is 2.91. The van der Waals surface area contributed by atoms with Crippen molar-refractivity contribution < 1.29 is 14.7 Å². The summed E-state index contributed by atoms with van der Waals surface area (Å²) < 4.78 is 0. The lowest BCUT2D eigenvalue weighted by Crippen LogP contribution is -2.42. The number of hydrogen-bond acceptors (Lipinski definition) is 3. The van der Waals surface area contributed by atoms with Gasteiger partial charge in [-0.1, -0.05) is 25.0 Å². The number of anilines is 1. The van der Waals surface area contributed by atoms with Gasteiger partial charge in [0.05, 0.1) is 0 Å². The molecule has 0 aliphatic heterocycles. The van der Waals surface area contributed by atoms with Gasteiger partial charge in [0.1, 0.15) is 0 Å². The average molecular weight is 260 g/mol. The minimum Gasteiger partial charge on any atom is -0.550 e. The van der Waals surface area contributed by atoms with Gasteiger partial charge in [0.15, 0.2) is 0 Å². The Kier molecular flexibility index (Phi) is 4.20. The summed E-state index contributed by atoms with van der Waals surface area (Å²) in [7, 11) is 0. The second-order valence-electron chi connectivity index (χ2n) is 5.18. The summed E-state index contributed by atoms with van der Waals surface area (Å²) in [5.74, 6) is -2.44. The number of nitrogens with one attached hydrogen (secondary N) is 1. The number of carbonyl (C=O) groups excluding carboxylic acids is 2. The molecular weight excluding hydrogens is 242 g/mol. The maximum atomic E-state index is 12.2. The van der Waals surface area contributed by atoms with Crippen LogP contribution in [0.5, 0.6) is 0 Å². The zero-order valence-corrected chi connectivity index (χ0v) is 11.0. The van der Waals surface area contributed by atoms with Crippen molar-refractivity contribution in [1.29, 1.82) is 0 Å². The highest BCUT2D eigenvalue weighted by molar-refractivity contribution is 5.95. The Hall–Kier alpha value is -1.84. The first-order chi connectivity index (χ1) is 9.08. The second-order valence-corrected chi connectivity index (χ2v) is 5.18. The van der Waals surface area contributed by atoms with E-state index in [0.29, 0.717) is 18.5 Å². The Morgan fingerprint density at radius 2 is 1.89 bits per heavy atom. The Balaban J connectivity index is 2.07. The molecule has 19 heavy (non-hydrogen) atoms. The molecule has 4 heteroatoms. The first-order valence-electron chi connectivity index (χ1n) is 6.66. The molecule has 4 nitrogen and oxygen atoms in total. The van der Waals surface area contributed by atoms with E-state index in [0.717, 1.165) is 18.4 Å². The topological polar surface area (TPSA) is 69.2 Å². The van der Waals surface area contributed by atoms with E-state index in [1.54, 1.807) is 0 Å². The van der Waals surface area contributed by atoms with Crippen LogP contribution in [0.1, 0.15) is 31.2 Å². The van der Waals surface area contributed by atoms with Crippen LogP contribution in [0.25, 0.3) is 0 Å². The number of carbonyl (C=O) groups is 2. The Labute approximate surface area is 112 Å². The van der Waals surface area contributed by atoms with Gasteiger partial charge in [-0.3, -0.25) is 4.79 Å². The van der Waals surface area contributed by atoms with E-state index >= 15 is 0 Å². The van der Waals surface area contributed by atoms with Gasteiger partial charge in [0, 0.05) is 23.5 Å². The Morgan fingerprint density at radius 3 is 2.53 bits per heavy atom. The fraction of sp³-hybridized carbons (Fsp3) is 0.467. The maximum Gasteiger partial charge on any atom is 0.228 e. The van der Waals surface area contributed by atoms with Crippen LogP contribution >= 0.6 is 0 Å². The van der Waals surface area contributed by atoms with Gasteiger partial charge in [0.2, 0.25) is 5.91 Å². The highest BCUT2D eigenvalue weighted by Gasteiger charge is 2.31. The van der Waals surface area contributed by atoms with E-state index in [1.165, 1.54) is 0 Å². The third kappa shape index (κ3) is 3.34. The molecule has 1 fully saturated rings. The van der Waals surface area contributed by atoms with Crippen molar-refractivity contribution in [1.82, 2.24) is 0 Å². The number of carboxylic acids is 1. The molecule has 0 spiro atoms. The van der Waals surface area contributed by atoms with E-state index in [4.69, 9.17) is 0 Å². The van der Waals surface area contributed by atoms with Crippen LogP contribution in [-0.4, -0.2) is 11.9 Å². The number of hydrogen-bond donors (Lipinski definition) is 1. The zero-order chi connectivity index (χ0) is 13.8. The summed E-state index contributed by atoms with van der Waals surface area (Å²) in [6.45, 7) is 1.94. The number of rotatable bonds is 3. The van der Waals surface area contributed by atoms with Gasteiger partial charge in [-0.15, -0.1) is 0 Å². The van der Waals surface area contributed by atoms with E-state index < -0.39 is 17.8 Å². The molecule has 2 atom stereocenters. The first-order valence-corrected chi connectivity index (χ1v) is 6.66. The Bertz CT molecular complexity index is 484. The molecule has 0 unspecified atom stereocenters. The lowest BCUT2D eigenvalue weighted by atomic mass is 9.78. The normalized spacial score (nSPS) is 22.8. The van der Waals surface area contributed by atoms with Crippen LogP contribution in [0.2, 0.25) is 0 Å². The molecule has 0 radical (unpaired) electrons. The predicted molar refractivity (Wildman–Crippen MR) is 70.3 cm³/mol. The molecule has 1 aliphatic rings. The summed E-state index contributed by atoms with van der Waals surface area (Å²) in [6, 6.07) is 7.48. The summed E-state index contributed by atoms with van der Waals surface area (Å²) in [5, 5.41) is 13.9. The van der Waals surface area contributed by atoms with Gasteiger partial charge in [-0.2, -0.15) is 0 Å². The molecule has 0 aromatic heterocycles. The van der Waals surface area contributed by atoms with Gasteiger partial charge < -0.3 is 15.2 Å². The molecule has 0 heterocycles. The van der Waals surface area contributed by atoms with Crippen LogP contribution in [0.15, 0.2) is 24.3 Å². The van der Waals surface area contributed by atoms with Crippen molar-refractivity contribution in [3.05, 3.63) is 29.8 Å². The monoisotopic (exact) mass is 260 g/mol. The van der Waals surface area contributed by atoms with Gasteiger partial charge in [-0.25, -0.2) is 0 Å². The van der Waals surface area contributed by atoms with Crippen molar-refractivity contribution in [2.24, 2.45) is 11.8 Å². The fourth-order valence-electron chi connectivity index (χ4n) is 2.68. The SMILES string of the molecule is Cc1cccc(NC(=O)[C@@H]2CCCC[C@H]2C(=O)[O-])c1. The number of benzene rings is 1. The number of amides is 1. The maximum absolute atomic E-state index is 12.2. The van der Waals surface area contributed by atoms with Crippen LogP contribution in [0.3, 0.4) is 0 Å². The molecule has 102 valence electrons. The van der Waals surface area contributed by atoms with E-state index in [1.807, 2.05) is 31.2 Å². The summed E-state index contributed by atoms with van der Waals surface area (Å²) in [4.78, 5) is 23.3. The molecule has 1 aromatic rings. The van der Waals surface area contributed by atoms with Crippen molar-refractivity contribution in [3.63, 3.8) is 0 Å². The highest BCUT2D eigenvalue weighted by Crippen LogP contribution is 2.30. The molecular formula is C15H18NO3-. The highest BCUT2D eigenvalue weighted by atomic mass is 16.4. The van der Waals surface area contributed by atoms with Crippen LogP contribution in [-0.2, 0) is 9.59 Å². The standard InChI is InChI=1S/C15H19NO3/c1-10-5-4-6-11(9-10)16-14(17)12-7-2-3-8-13(12)15(18)19/h4-6,9,12-13H,2-3,7-8H2,1H3,(H,16,17)(H,18,19)/p-1/t12-,13-/m1/s1. The third-order valence-electron chi connectivity index (χ3n) is 3.69. The molecule has 1 N–H and O–H groups in total. The fourth-order valence-corrected chi connectivity index (χ4v) is 2.68. The van der Waals surface area contributed by atoms with E-state index in [9.17, 15) is 14.7 Å². The van der Waals surface area contributed by atoms with Crippen LogP contribution < -0.4 is 10.4 Å². The van der Waals surface area contributed by atoms with Gasteiger partial charge >= 0.3 is 0 Å². The molecule has 1 aliphatic carbocycles. The number of aryl methyl sites for hydroxylation is 1. The lowest BCUT2D eigenvalue weighted by Gasteiger charge is -2.31. The predicted octanol–water partition coefficient (Wildman–Crippen LogP) is 1.49. The number of carboxylic acid groups (broad SMARTS) is 1. The average Bonchev–Trinajstić information content (AvgIpc) is 2.38. The quantitative estimate of drug-likeness (QED) is 0.895. The van der Waals surface area contributed by atoms with Gasteiger partial charge in [-0.05, 0) is 37.5 Å². The summed E-state index contributed by atoms with van der Waals surface area (Å²) in [5.41, 5.74) is 1.77. The molecule has 2 rings (SSSR count). The van der Waals surface area contributed by atoms with Crippen molar-refractivity contribution in [3.8, 4) is 0 Å². The van der Waals surface area contributed by atoms with E-state index in [2.05, 4.69) is 5.32 Å². The third-order valence-corrected chi connectivity index (χ3v) is 3.69. The number of aliphatic carboxylic acids is 1. The minimum absolute atomic E-state index is 0.209. The summed E-state index contributed by atoms with van der Waals surface area (Å²) >= 11 is 0. The molecule has 1 saturated carbocycles. The lowest BCUT2D eigenvalue weighted by molar-refractivity contribution is -0.313. The van der Waals surface area contributed by atoms with Crippen molar-refractivity contribution in [2.45, 2.75) is 32.6 Å². The minimum atomic E-state index is -1.11. The molecule has 0 saturated heterocycles. The van der Waals surface area contributed by atoms with Crippen LogP contribution in [0.4, 0.5) is 5.69 Å². The van der Waals surface area contributed by atoms with Crippen LogP contribution in [0, 0.1) is 18.8 Å². The first kappa shape index (κ1) is 13.6.